The van der Waals surface area contributed by atoms with Gasteiger partial charge in [-0.25, -0.2) is 19.0 Å². The Kier molecular flexibility index (Phi) is 6.37. The van der Waals surface area contributed by atoms with Crippen LogP contribution < -0.4 is 10.1 Å². The van der Waals surface area contributed by atoms with E-state index in [1.165, 1.54) is 19.2 Å². The second-order valence-electron chi connectivity index (χ2n) is 9.52. The molecule has 5 rings (SSSR count). The number of rotatable bonds is 6. The number of esters is 1. The smallest absolute Gasteiger partial charge is 0.410 e. The van der Waals surface area contributed by atoms with Gasteiger partial charge in [0.05, 0.1) is 31.6 Å². The monoisotopic (exact) mass is 504 g/mol. The molecule has 2 unspecified atom stereocenters. The van der Waals surface area contributed by atoms with Crippen molar-refractivity contribution in [3.05, 3.63) is 41.7 Å². The van der Waals surface area contributed by atoms with Crippen LogP contribution in [-0.2, 0) is 14.2 Å². The van der Waals surface area contributed by atoms with Gasteiger partial charge in [-0.2, -0.15) is 9.37 Å². The first-order chi connectivity index (χ1) is 17.3. The summed E-state index contributed by atoms with van der Waals surface area (Å²) < 4.78 is 51.5. The highest BCUT2D eigenvalue weighted by atomic mass is 19.1. The first-order valence-electron chi connectivity index (χ1n) is 11.6. The zero-order chi connectivity index (χ0) is 25.4. The molecule has 10 nitrogen and oxygen atoms in total. The van der Waals surface area contributed by atoms with Crippen molar-refractivity contribution in [3.63, 3.8) is 0 Å². The van der Waals surface area contributed by atoms with Gasteiger partial charge < -0.3 is 29.2 Å². The summed E-state index contributed by atoms with van der Waals surface area (Å²) in [5.74, 6) is -3.36. The molecule has 1 aromatic carbocycles. The van der Waals surface area contributed by atoms with Crippen molar-refractivity contribution in [2.75, 3.05) is 38.7 Å². The molecule has 3 fully saturated rings. The number of nitrogens with one attached hydrogen (secondary N) is 1. The van der Waals surface area contributed by atoms with Gasteiger partial charge >= 0.3 is 12.1 Å². The fourth-order valence-corrected chi connectivity index (χ4v) is 4.43. The van der Waals surface area contributed by atoms with Crippen LogP contribution in [0.3, 0.4) is 0 Å². The topological polar surface area (TPSA) is 112 Å². The molecule has 1 N–H and O–H groups in total. The van der Waals surface area contributed by atoms with Crippen LogP contribution in [0.2, 0.25) is 0 Å². The molecule has 2 aliphatic heterocycles. The minimum absolute atomic E-state index is 0.0166. The second kappa shape index (κ2) is 9.49. The van der Waals surface area contributed by atoms with Gasteiger partial charge in [-0.1, -0.05) is 0 Å². The first-order valence-corrected chi connectivity index (χ1v) is 11.6. The number of aromatic nitrogens is 2. The Morgan fingerprint density at radius 1 is 1.17 bits per heavy atom. The third kappa shape index (κ3) is 4.90. The molecule has 1 aliphatic carbocycles. The molecule has 2 saturated heterocycles. The molecule has 2 aromatic rings. The molecule has 1 saturated carbocycles. The van der Waals surface area contributed by atoms with Crippen molar-refractivity contribution in [2.45, 2.75) is 31.5 Å². The average molecular weight is 504 g/mol. The van der Waals surface area contributed by atoms with Crippen molar-refractivity contribution >= 4 is 23.6 Å². The van der Waals surface area contributed by atoms with E-state index in [-0.39, 0.29) is 46.5 Å². The number of methoxy groups -OCH3 is 1. The van der Waals surface area contributed by atoms with Crippen LogP contribution in [0.5, 0.6) is 5.88 Å². The Morgan fingerprint density at radius 3 is 2.53 bits per heavy atom. The lowest BCUT2D eigenvalue weighted by Crippen LogP contribution is -2.59. The van der Waals surface area contributed by atoms with Crippen LogP contribution in [0.25, 0.3) is 0 Å². The maximum atomic E-state index is 15.3. The predicted molar refractivity (Wildman–Crippen MR) is 121 cm³/mol. The molecular formula is C24H26F2N4O6. The minimum atomic E-state index is -0.892. The fraction of sp³-hybridized carbons (Fsp3) is 0.500. The summed E-state index contributed by atoms with van der Waals surface area (Å²) in [7, 11) is 1.19. The van der Waals surface area contributed by atoms with E-state index in [0.29, 0.717) is 26.3 Å². The van der Waals surface area contributed by atoms with Gasteiger partial charge in [-0.3, -0.25) is 0 Å². The molecule has 36 heavy (non-hydrogen) atoms. The number of anilines is 2. The highest BCUT2D eigenvalue weighted by Crippen LogP contribution is 2.40. The Hall–Kier alpha value is -3.54. The van der Waals surface area contributed by atoms with Crippen LogP contribution in [-0.4, -0.2) is 72.0 Å². The molecule has 3 heterocycles. The lowest BCUT2D eigenvalue weighted by molar-refractivity contribution is -0.112. The molecule has 3 aliphatic rings. The van der Waals surface area contributed by atoms with Gasteiger partial charge in [0.1, 0.15) is 23.8 Å². The van der Waals surface area contributed by atoms with Crippen molar-refractivity contribution < 1.29 is 37.3 Å². The van der Waals surface area contributed by atoms with Crippen LogP contribution in [0.4, 0.5) is 25.1 Å². The summed E-state index contributed by atoms with van der Waals surface area (Å²) in [5, 5.41) is 2.57. The number of carbonyl (C=O) groups is 2. The molecule has 12 heteroatoms. The van der Waals surface area contributed by atoms with Gasteiger partial charge in [-0.15, -0.1) is 0 Å². The lowest BCUT2D eigenvalue weighted by atomic mass is 9.84. The maximum Gasteiger partial charge on any atom is 0.410 e. The predicted octanol–water partition coefficient (Wildman–Crippen LogP) is 3.30. The van der Waals surface area contributed by atoms with E-state index >= 15 is 4.39 Å². The number of piperidine rings is 1. The van der Waals surface area contributed by atoms with Crippen molar-refractivity contribution in [1.29, 1.82) is 0 Å². The largest absolute Gasteiger partial charge is 0.471 e. The van der Waals surface area contributed by atoms with Crippen LogP contribution in [0.1, 0.15) is 30.1 Å². The van der Waals surface area contributed by atoms with Crippen molar-refractivity contribution in [2.24, 2.45) is 11.8 Å². The highest BCUT2D eigenvalue weighted by Gasteiger charge is 2.47. The zero-order valence-corrected chi connectivity index (χ0v) is 19.8. The number of likely N-dealkylation sites (tertiary alicyclic amines) is 1. The van der Waals surface area contributed by atoms with Gasteiger partial charge in [-0.05, 0) is 38.0 Å². The molecule has 1 amide bonds. The first kappa shape index (κ1) is 24.2. The SMILES string of the molecule is COC(=O)c1ccc(Nc2ncnc(OC3C4COCC3CN(C(=O)OC3(C)CC3)C4)c2F)c(F)c1. The standard InChI is InChI=1S/C24H26F2N4O6/c1-24(5-6-24)36-23(32)30-8-14-10-34-11-15(9-30)19(14)35-21-18(26)20(27-12-28-21)29-17-4-3-13(7-16(17)25)22(31)33-2/h3-4,7,12,14-15,19H,5-6,8-11H2,1-2H3,(H,27,28,29). The molecule has 2 atom stereocenters. The van der Waals surface area contributed by atoms with Gasteiger partial charge in [0.2, 0.25) is 5.82 Å². The average Bonchev–Trinajstić information content (AvgIpc) is 3.58. The number of benzene rings is 1. The highest BCUT2D eigenvalue weighted by molar-refractivity contribution is 5.89. The molecule has 1 aromatic heterocycles. The van der Waals surface area contributed by atoms with Crippen LogP contribution >= 0.6 is 0 Å². The van der Waals surface area contributed by atoms with Gasteiger partial charge in [0.25, 0.3) is 5.88 Å². The second-order valence-corrected chi connectivity index (χ2v) is 9.52. The number of ether oxygens (including phenoxy) is 4. The van der Waals surface area contributed by atoms with Gasteiger partial charge in [0, 0.05) is 24.9 Å². The maximum absolute atomic E-state index is 15.3. The van der Waals surface area contributed by atoms with E-state index in [0.717, 1.165) is 25.2 Å². The number of hydrogen-bond donors (Lipinski definition) is 1. The van der Waals surface area contributed by atoms with E-state index in [9.17, 15) is 14.0 Å². The van der Waals surface area contributed by atoms with E-state index < -0.39 is 23.7 Å². The Balaban J connectivity index is 1.29. The van der Waals surface area contributed by atoms with Crippen LogP contribution in [0, 0.1) is 23.5 Å². The third-order valence-electron chi connectivity index (χ3n) is 6.70. The normalized spacial score (nSPS) is 24.0. The number of fused-ring (bicyclic) bond motifs is 2. The molecular weight excluding hydrogens is 478 g/mol. The number of carbonyl (C=O) groups excluding carboxylic acids is 2. The fourth-order valence-electron chi connectivity index (χ4n) is 4.43. The van der Waals surface area contributed by atoms with Gasteiger partial charge in [0.15, 0.2) is 5.82 Å². The number of amides is 1. The molecule has 0 radical (unpaired) electrons. The van der Waals surface area contributed by atoms with E-state index in [2.05, 4.69) is 20.0 Å². The quantitative estimate of drug-likeness (QED) is 0.592. The summed E-state index contributed by atoms with van der Waals surface area (Å²) >= 11 is 0. The number of nitrogens with zero attached hydrogens (tertiary/aromatic N) is 3. The summed E-state index contributed by atoms with van der Waals surface area (Å²) in [6, 6.07) is 3.61. The summed E-state index contributed by atoms with van der Waals surface area (Å²) in [5.41, 5.74) is -0.446. The minimum Gasteiger partial charge on any atom is -0.471 e. The molecule has 192 valence electrons. The Morgan fingerprint density at radius 2 is 1.89 bits per heavy atom. The van der Waals surface area contributed by atoms with Crippen LogP contribution in [0.15, 0.2) is 24.5 Å². The van der Waals surface area contributed by atoms with E-state index in [1.54, 1.807) is 4.90 Å². The Labute approximate surface area is 205 Å². The van der Waals surface area contributed by atoms with E-state index in [1.807, 2.05) is 6.92 Å². The summed E-state index contributed by atoms with van der Waals surface area (Å²) in [4.78, 5) is 33.6. The molecule has 2 bridgehead atoms. The summed E-state index contributed by atoms with van der Waals surface area (Å²) in [6.07, 6.45) is 2.03. The molecule has 0 spiro atoms. The lowest BCUT2D eigenvalue weighted by Gasteiger charge is -2.46. The Bertz CT molecular complexity index is 1160. The zero-order valence-electron chi connectivity index (χ0n) is 19.8. The summed E-state index contributed by atoms with van der Waals surface area (Å²) in [6.45, 7) is 3.31. The van der Waals surface area contributed by atoms with Crippen molar-refractivity contribution in [1.82, 2.24) is 14.9 Å². The number of halogens is 2. The van der Waals surface area contributed by atoms with Crippen molar-refractivity contribution in [3.8, 4) is 5.88 Å². The number of hydrogen-bond acceptors (Lipinski definition) is 9. The third-order valence-corrected chi connectivity index (χ3v) is 6.70. The van der Waals surface area contributed by atoms with E-state index in [4.69, 9.17) is 14.2 Å².